The van der Waals surface area contributed by atoms with Gasteiger partial charge in [0.25, 0.3) is 0 Å². The predicted octanol–water partition coefficient (Wildman–Crippen LogP) is 7.65. The number of esters is 2. The van der Waals surface area contributed by atoms with Crippen molar-refractivity contribution in [1.29, 1.82) is 0 Å². The first kappa shape index (κ1) is 37.9. The molecule has 2 N–H and O–H groups in total. The Morgan fingerprint density at radius 1 is 0.575 bits per heavy atom. The molecule has 8 nitrogen and oxygen atoms in total. The van der Waals surface area contributed by atoms with Gasteiger partial charge in [-0.1, -0.05) is 83.5 Å². The standard InChI is InChI=1S/C32H59NO7/c1-31(2,3)39-29(37)23-21-19-17-15-13-11-9-7-8-10-12-14-16-18-20-22-27(34)33-26(24-25-28(35)36)30(38)40-32(4,5)6/h26H,7-25H2,1-6H3,(H,33,34)(H,35,36)/t26-/m0/s1. The minimum absolute atomic E-state index is 0.0212. The highest BCUT2D eigenvalue weighted by Crippen LogP contribution is 2.16. The number of ether oxygens (including phenoxy) is 2. The van der Waals surface area contributed by atoms with Crippen LogP contribution in [0, 0.1) is 0 Å². The highest BCUT2D eigenvalue weighted by molar-refractivity contribution is 5.85. The summed E-state index contributed by atoms with van der Waals surface area (Å²) in [6.07, 6.45) is 18.0. The molecule has 0 aromatic heterocycles. The molecule has 0 aliphatic rings. The minimum Gasteiger partial charge on any atom is -0.481 e. The lowest BCUT2D eigenvalue weighted by atomic mass is 10.0. The molecule has 1 atom stereocenters. The Balaban J connectivity index is 3.67. The molecule has 0 heterocycles. The molecule has 0 saturated carbocycles. The van der Waals surface area contributed by atoms with Gasteiger partial charge in [0, 0.05) is 19.3 Å². The second-order valence-corrected chi connectivity index (χ2v) is 13.0. The largest absolute Gasteiger partial charge is 0.481 e. The summed E-state index contributed by atoms with van der Waals surface area (Å²) in [5.74, 6) is -1.92. The third-order valence-corrected chi connectivity index (χ3v) is 6.38. The number of rotatable bonds is 23. The van der Waals surface area contributed by atoms with Gasteiger partial charge >= 0.3 is 17.9 Å². The first-order valence-corrected chi connectivity index (χ1v) is 15.7. The van der Waals surface area contributed by atoms with Gasteiger partial charge in [0.05, 0.1) is 0 Å². The molecule has 234 valence electrons. The van der Waals surface area contributed by atoms with Gasteiger partial charge in [-0.05, 0) is 60.8 Å². The number of carbonyl (C=O) groups excluding carboxylic acids is 3. The van der Waals surface area contributed by atoms with Gasteiger partial charge in [0.15, 0.2) is 0 Å². The Bertz CT molecular complexity index is 722. The van der Waals surface area contributed by atoms with Crippen LogP contribution in [0.1, 0.15) is 164 Å². The molecule has 0 saturated heterocycles. The second kappa shape index (κ2) is 21.6. The lowest BCUT2D eigenvalue weighted by Gasteiger charge is -2.24. The molecule has 0 spiro atoms. The van der Waals surface area contributed by atoms with Gasteiger partial charge in [-0.2, -0.15) is 0 Å². The highest BCUT2D eigenvalue weighted by atomic mass is 16.6. The summed E-state index contributed by atoms with van der Waals surface area (Å²) < 4.78 is 10.7. The molecule has 1 amide bonds. The zero-order chi connectivity index (χ0) is 30.4. The van der Waals surface area contributed by atoms with Gasteiger partial charge in [-0.3, -0.25) is 14.4 Å². The van der Waals surface area contributed by atoms with Crippen LogP contribution < -0.4 is 5.32 Å². The van der Waals surface area contributed by atoms with Crippen molar-refractivity contribution in [3.8, 4) is 0 Å². The van der Waals surface area contributed by atoms with E-state index in [9.17, 15) is 19.2 Å². The maximum Gasteiger partial charge on any atom is 0.329 e. The van der Waals surface area contributed by atoms with Crippen molar-refractivity contribution in [2.45, 2.75) is 181 Å². The number of hydrogen-bond acceptors (Lipinski definition) is 6. The molecular weight excluding hydrogens is 510 g/mol. The first-order valence-electron chi connectivity index (χ1n) is 15.7. The maximum absolute atomic E-state index is 12.3. The maximum atomic E-state index is 12.3. The predicted molar refractivity (Wildman–Crippen MR) is 159 cm³/mol. The molecular formula is C32H59NO7. The van der Waals surface area contributed by atoms with Gasteiger partial charge < -0.3 is 19.9 Å². The summed E-state index contributed by atoms with van der Waals surface area (Å²) in [6, 6.07) is -0.932. The van der Waals surface area contributed by atoms with E-state index in [0.717, 1.165) is 32.1 Å². The molecule has 0 aliphatic heterocycles. The lowest BCUT2D eigenvalue weighted by Crippen LogP contribution is -2.44. The summed E-state index contributed by atoms with van der Waals surface area (Å²) in [5, 5.41) is 11.6. The van der Waals surface area contributed by atoms with Crippen molar-refractivity contribution in [2.24, 2.45) is 0 Å². The minimum atomic E-state index is -1.01. The van der Waals surface area contributed by atoms with E-state index in [2.05, 4.69) is 5.32 Å². The van der Waals surface area contributed by atoms with Crippen LogP contribution in [0.5, 0.6) is 0 Å². The Kier molecular flexibility index (Phi) is 20.5. The third kappa shape index (κ3) is 26.1. The molecule has 0 fully saturated rings. The SMILES string of the molecule is CC(C)(C)OC(=O)CCCCCCCCCCCCCCCCCC(=O)N[C@@H](CCC(=O)O)C(=O)OC(C)(C)C. The Labute approximate surface area is 243 Å². The monoisotopic (exact) mass is 569 g/mol. The van der Waals surface area contributed by atoms with Gasteiger partial charge in [-0.15, -0.1) is 0 Å². The molecule has 8 heteroatoms. The number of unbranched alkanes of at least 4 members (excludes halogenated alkanes) is 14. The van der Waals surface area contributed by atoms with Crippen LogP contribution in [0.4, 0.5) is 0 Å². The summed E-state index contributed by atoms with van der Waals surface area (Å²) >= 11 is 0. The van der Waals surface area contributed by atoms with Crippen LogP contribution in [-0.2, 0) is 28.7 Å². The van der Waals surface area contributed by atoms with Crippen LogP contribution in [0.25, 0.3) is 0 Å². The summed E-state index contributed by atoms with van der Waals surface area (Å²) in [7, 11) is 0. The molecule has 0 rings (SSSR count). The second-order valence-electron chi connectivity index (χ2n) is 13.0. The Hall–Kier alpha value is -2.12. The molecule has 0 radical (unpaired) electrons. The van der Waals surface area contributed by atoms with E-state index >= 15 is 0 Å². The van der Waals surface area contributed by atoms with E-state index < -0.39 is 23.6 Å². The average molecular weight is 570 g/mol. The normalized spacial score (nSPS) is 12.6. The summed E-state index contributed by atoms with van der Waals surface area (Å²) in [5.41, 5.74) is -1.09. The quantitative estimate of drug-likeness (QED) is 0.0958. The van der Waals surface area contributed by atoms with Crippen LogP contribution in [0.3, 0.4) is 0 Å². The fourth-order valence-electron chi connectivity index (χ4n) is 4.40. The molecule has 0 aliphatic carbocycles. The average Bonchev–Trinajstić information content (AvgIpc) is 2.81. The third-order valence-electron chi connectivity index (χ3n) is 6.38. The van der Waals surface area contributed by atoms with Crippen LogP contribution in [0.15, 0.2) is 0 Å². The summed E-state index contributed by atoms with van der Waals surface area (Å²) in [4.78, 5) is 47.2. The smallest absolute Gasteiger partial charge is 0.329 e. The zero-order valence-electron chi connectivity index (χ0n) is 26.4. The van der Waals surface area contributed by atoms with Crippen molar-refractivity contribution >= 4 is 23.8 Å². The van der Waals surface area contributed by atoms with Gasteiger partial charge in [0.1, 0.15) is 17.2 Å². The van der Waals surface area contributed by atoms with Crippen LogP contribution in [0.2, 0.25) is 0 Å². The number of carboxylic acids is 1. The van der Waals surface area contributed by atoms with Crippen LogP contribution >= 0.6 is 0 Å². The van der Waals surface area contributed by atoms with Crippen molar-refractivity contribution in [3.63, 3.8) is 0 Å². The Morgan fingerprint density at radius 2 is 0.950 bits per heavy atom. The van der Waals surface area contributed by atoms with E-state index in [-0.39, 0.29) is 30.3 Å². The van der Waals surface area contributed by atoms with Crippen molar-refractivity contribution in [1.82, 2.24) is 5.32 Å². The van der Waals surface area contributed by atoms with Crippen LogP contribution in [-0.4, -0.2) is 46.2 Å². The number of aliphatic carboxylic acids is 1. The fourth-order valence-corrected chi connectivity index (χ4v) is 4.40. The number of amides is 1. The number of carboxylic acid groups (broad SMARTS) is 1. The summed E-state index contributed by atoms with van der Waals surface area (Å²) in [6.45, 7) is 10.9. The Morgan fingerprint density at radius 3 is 1.32 bits per heavy atom. The topological polar surface area (TPSA) is 119 Å². The molecule has 0 aromatic rings. The van der Waals surface area contributed by atoms with Gasteiger partial charge in [0.2, 0.25) is 5.91 Å². The number of nitrogens with one attached hydrogen (secondary N) is 1. The zero-order valence-corrected chi connectivity index (χ0v) is 26.4. The first-order chi connectivity index (χ1) is 18.7. The van der Waals surface area contributed by atoms with Crippen molar-refractivity contribution in [3.05, 3.63) is 0 Å². The van der Waals surface area contributed by atoms with Crippen molar-refractivity contribution in [2.75, 3.05) is 0 Å². The molecule has 40 heavy (non-hydrogen) atoms. The number of hydrogen-bond donors (Lipinski definition) is 2. The molecule has 0 aromatic carbocycles. The van der Waals surface area contributed by atoms with E-state index in [1.165, 1.54) is 64.2 Å². The highest BCUT2D eigenvalue weighted by Gasteiger charge is 2.27. The van der Waals surface area contributed by atoms with Crippen molar-refractivity contribution < 1.29 is 33.8 Å². The fraction of sp³-hybridized carbons (Fsp3) is 0.875. The van der Waals surface area contributed by atoms with E-state index in [1.807, 2.05) is 20.8 Å². The van der Waals surface area contributed by atoms with E-state index in [4.69, 9.17) is 14.6 Å². The van der Waals surface area contributed by atoms with E-state index in [0.29, 0.717) is 12.8 Å². The molecule has 0 unspecified atom stereocenters. The van der Waals surface area contributed by atoms with Gasteiger partial charge in [-0.25, -0.2) is 4.79 Å². The molecule has 0 bridgehead atoms. The van der Waals surface area contributed by atoms with E-state index in [1.54, 1.807) is 20.8 Å². The number of carbonyl (C=O) groups is 4. The lowest BCUT2D eigenvalue weighted by molar-refractivity contribution is -0.159.